The average Bonchev–Trinajstić information content (AvgIpc) is 2.99. The topological polar surface area (TPSA) is 115 Å². The predicted molar refractivity (Wildman–Crippen MR) is 60.2 cm³/mol. The Morgan fingerprint density at radius 3 is 1.59 bits per heavy atom. The highest BCUT2D eigenvalue weighted by Crippen LogP contribution is 2.28. The van der Waals surface area contributed by atoms with Gasteiger partial charge in [-0.2, -0.15) is 0 Å². The molecule has 0 heterocycles. The summed E-state index contributed by atoms with van der Waals surface area (Å²) in [6.45, 7) is 2.85. The molecule has 2 atom stereocenters. The summed E-state index contributed by atoms with van der Waals surface area (Å²) < 4.78 is 0. The summed E-state index contributed by atoms with van der Waals surface area (Å²) in [5.41, 5.74) is 0. The number of carboxylic acid groups (broad SMARTS) is 2. The first-order valence-electron chi connectivity index (χ1n) is 5.03. The minimum atomic E-state index is -0.635. The highest BCUT2D eigenvalue weighted by Gasteiger charge is 2.28. The van der Waals surface area contributed by atoms with Gasteiger partial charge in [0.1, 0.15) is 12.2 Å². The fraction of sp³-hybridized carbons (Fsp3) is 0.636. The summed E-state index contributed by atoms with van der Waals surface area (Å²) in [6, 6.07) is 0. The van der Waals surface area contributed by atoms with E-state index in [1.54, 1.807) is 13.8 Å². The van der Waals surface area contributed by atoms with Gasteiger partial charge in [0.05, 0.1) is 5.92 Å². The molecule has 0 saturated heterocycles. The minimum absolute atomic E-state index is 0.0185. The van der Waals surface area contributed by atoms with Gasteiger partial charge in [0.2, 0.25) is 0 Å². The van der Waals surface area contributed by atoms with Crippen LogP contribution in [0.4, 0.5) is 0 Å². The monoisotopic (exact) mass is 246 g/mol. The third-order valence-corrected chi connectivity index (χ3v) is 1.43. The van der Waals surface area contributed by atoms with Crippen molar-refractivity contribution >= 4 is 12.4 Å². The van der Waals surface area contributed by atoms with E-state index in [9.17, 15) is 4.79 Å². The number of aliphatic hydroxyl groups is 2. The van der Waals surface area contributed by atoms with Gasteiger partial charge in [0, 0.05) is 0 Å². The molecular weight excluding hydrogens is 228 g/mol. The summed E-state index contributed by atoms with van der Waals surface area (Å²) in [6.07, 6.45) is 0.527. The van der Waals surface area contributed by atoms with Crippen molar-refractivity contribution < 1.29 is 30.0 Å². The molecule has 1 saturated carbocycles. The number of aliphatic hydroxyl groups excluding tert-OH is 2. The van der Waals surface area contributed by atoms with E-state index >= 15 is 0 Å². The molecular formula is C11H18O6. The van der Waals surface area contributed by atoms with Crippen molar-refractivity contribution in [3.05, 3.63) is 0 Å². The largest absolute Gasteiger partial charge is 0.483 e. The molecule has 6 nitrogen and oxygen atoms in total. The molecule has 1 aliphatic carbocycles. The van der Waals surface area contributed by atoms with Crippen molar-refractivity contribution in [2.75, 3.05) is 0 Å². The third-order valence-electron chi connectivity index (χ3n) is 1.43. The van der Waals surface area contributed by atoms with Crippen molar-refractivity contribution in [1.82, 2.24) is 0 Å². The lowest BCUT2D eigenvalue weighted by atomic mass is 10.3. The maximum absolute atomic E-state index is 9.76. The molecule has 0 amide bonds. The molecule has 0 spiro atoms. The van der Waals surface area contributed by atoms with Crippen LogP contribution in [0.1, 0.15) is 26.7 Å². The molecule has 1 aliphatic rings. The maximum Gasteiger partial charge on any atom is 0.306 e. The Balaban J connectivity index is 0. The lowest BCUT2D eigenvalue weighted by molar-refractivity contribution is -0.138. The highest BCUT2D eigenvalue weighted by atomic mass is 16.4. The normalized spacial score (nSPS) is 15.5. The Labute approximate surface area is 99.9 Å². The van der Waals surface area contributed by atoms with E-state index in [0.29, 0.717) is 0 Å². The Hall–Kier alpha value is -1.58. The van der Waals surface area contributed by atoms with Crippen molar-refractivity contribution in [2.24, 2.45) is 5.92 Å². The zero-order valence-electron chi connectivity index (χ0n) is 9.83. The lowest BCUT2D eigenvalue weighted by Crippen LogP contribution is -1.98. The van der Waals surface area contributed by atoms with Crippen LogP contribution in [0.3, 0.4) is 0 Å². The quantitative estimate of drug-likeness (QED) is 0.380. The second kappa shape index (κ2) is 10.9. The van der Waals surface area contributed by atoms with Crippen LogP contribution in [-0.2, 0) is 9.59 Å². The fourth-order valence-corrected chi connectivity index (χ4v) is 0.571. The van der Waals surface area contributed by atoms with Crippen molar-refractivity contribution in [3.8, 4) is 11.8 Å². The van der Waals surface area contributed by atoms with E-state index in [2.05, 4.69) is 11.8 Å². The van der Waals surface area contributed by atoms with E-state index in [1.165, 1.54) is 0 Å². The molecule has 98 valence electrons. The Bertz CT molecular complexity index is 257. The maximum atomic E-state index is 9.76. The van der Waals surface area contributed by atoms with Gasteiger partial charge < -0.3 is 20.4 Å². The van der Waals surface area contributed by atoms with Crippen molar-refractivity contribution in [3.63, 3.8) is 0 Å². The SMILES string of the molecule is CC(O)C#CC(C)O.O=C(O)C1CC1.O=CO. The number of hydrogen-bond donors (Lipinski definition) is 4. The van der Waals surface area contributed by atoms with Gasteiger partial charge in [-0.15, -0.1) is 0 Å². The van der Waals surface area contributed by atoms with Gasteiger partial charge >= 0.3 is 5.97 Å². The van der Waals surface area contributed by atoms with E-state index < -0.39 is 18.2 Å². The zero-order chi connectivity index (χ0) is 13.8. The van der Waals surface area contributed by atoms with E-state index in [1.807, 2.05) is 0 Å². The average molecular weight is 246 g/mol. The van der Waals surface area contributed by atoms with Gasteiger partial charge in [-0.3, -0.25) is 9.59 Å². The number of carbonyl (C=O) groups is 2. The molecule has 1 rings (SSSR count). The van der Waals surface area contributed by atoms with Crippen LogP contribution in [0.25, 0.3) is 0 Å². The smallest absolute Gasteiger partial charge is 0.306 e. The summed E-state index contributed by atoms with van der Waals surface area (Å²) in [5, 5.41) is 32.0. The summed E-state index contributed by atoms with van der Waals surface area (Å²) >= 11 is 0. The molecule has 0 bridgehead atoms. The predicted octanol–water partition coefficient (Wildman–Crippen LogP) is -0.0668. The lowest BCUT2D eigenvalue weighted by Gasteiger charge is -1.89. The first kappa shape index (κ1) is 17.8. The molecule has 2 unspecified atom stereocenters. The first-order valence-corrected chi connectivity index (χ1v) is 5.03. The van der Waals surface area contributed by atoms with Gasteiger partial charge in [0.25, 0.3) is 6.47 Å². The van der Waals surface area contributed by atoms with E-state index in [0.717, 1.165) is 12.8 Å². The molecule has 0 aromatic carbocycles. The van der Waals surface area contributed by atoms with E-state index in [4.69, 9.17) is 25.2 Å². The molecule has 0 aromatic heterocycles. The molecule has 17 heavy (non-hydrogen) atoms. The van der Waals surface area contributed by atoms with Crippen LogP contribution in [0.15, 0.2) is 0 Å². The van der Waals surface area contributed by atoms with Crippen LogP contribution >= 0.6 is 0 Å². The summed E-state index contributed by atoms with van der Waals surface area (Å²) in [7, 11) is 0. The van der Waals surface area contributed by atoms with Crippen LogP contribution in [0.5, 0.6) is 0 Å². The van der Waals surface area contributed by atoms with Gasteiger partial charge in [-0.05, 0) is 26.7 Å². The van der Waals surface area contributed by atoms with Crippen LogP contribution in [0, 0.1) is 17.8 Å². The molecule has 0 aromatic rings. The first-order chi connectivity index (χ1) is 7.84. The van der Waals surface area contributed by atoms with Gasteiger partial charge in [-0.1, -0.05) is 11.8 Å². The number of rotatable bonds is 1. The standard InChI is InChI=1S/C6H10O2.C4H6O2.CH2O2/c1-5(7)3-4-6(2)8;5-4(6)3-1-2-3;2-1-3/h5-8H,1-2H3;3H,1-2H2,(H,5,6);1H,(H,2,3). The Morgan fingerprint density at radius 1 is 1.24 bits per heavy atom. The Kier molecular flexibility index (Phi) is 11.4. The third kappa shape index (κ3) is 20.5. The van der Waals surface area contributed by atoms with Crippen LogP contribution in [-0.4, -0.2) is 45.1 Å². The number of carboxylic acids is 1. The molecule has 0 radical (unpaired) electrons. The molecule has 6 heteroatoms. The van der Waals surface area contributed by atoms with Crippen LogP contribution < -0.4 is 0 Å². The minimum Gasteiger partial charge on any atom is -0.483 e. The number of hydrogen-bond acceptors (Lipinski definition) is 4. The molecule has 0 aliphatic heterocycles. The van der Waals surface area contributed by atoms with Crippen molar-refractivity contribution in [2.45, 2.75) is 38.9 Å². The second-order valence-corrected chi connectivity index (χ2v) is 3.36. The molecule has 1 fully saturated rings. The zero-order valence-corrected chi connectivity index (χ0v) is 9.83. The van der Waals surface area contributed by atoms with Gasteiger partial charge in [-0.25, -0.2) is 0 Å². The Morgan fingerprint density at radius 2 is 1.53 bits per heavy atom. The highest BCUT2D eigenvalue weighted by molar-refractivity contribution is 5.72. The molecule has 4 N–H and O–H groups in total. The summed E-state index contributed by atoms with van der Waals surface area (Å²) in [4.78, 5) is 18.1. The fourth-order valence-electron chi connectivity index (χ4n) is 0.571. The second-order valence-electron chi connectivity index (χ2n) is 3.36. The van der Waals surface area contributed by atoms with Crippen LogP contribution in [0.2, 0.25) is 0 Å². The summed E-state index contributed by atoms with van der Waals surface area (Å²) in [5.74, 6) is 4.19. The van der Waals surface area contributed by atoms with Gasteiger partial charge in [0.15, 0.2) is 0 Å². The van der Waals surface area contributed by atoms with E-state index in [-0.39, 0.29) is 12.4 Å². The number of aliphatic carboxylic acids is 1. The van der Waals surface area contributed by atoms with Crippen molar-refractivity contribution in [1.29, 1.82) is 0 Å².